The molecule has 2 nitrogen and oxygen atoms in total. The fourth-order valence-corrected chi connectivity index (χ4v) is 1.11. The van der Waals surface area contributed by atoms with E-state index in [1.165, 1.54) is 14.1 Å². The van der Waals surface area contributed by atoms with Gasteiger partial charge in [-0.25, -0.2) is 17.6 Å². The first-order valence-electron chi connectivity index (χ1n) is 3.85. The third-order valence-corrected chi connectivity index (χ3v) is 1.80. The van der Waals surface area contributed by atoms with Crippen LogP contribution in [0, 0.1) is 34.6 Å². The van der Waals surface area contributed by atoms with Crippen molar-refractivity contribution in [3.8, 4) is 6.07 Å². The minimum Gasteiger partial charge on any atom is -0.373 e. The zero-order valence-corrected chi connectivity index (χ0v) is 7.91. The Bertz CT molecular complexity index is 419. The first-order chi connectivity index (χ1) is 6.91. The number of nitriles is 1. The summed E-state index contributed by atoms with van der Waals surface area (Å²) in [5.74, 6) is -6.51. The van der Waals surface area contributed by atoms with Crippen molar-refractivity contribution in [1.82, 2.24) is 0 Å². The summed E-state index contributed by atoms with van der Waals surface area (Å²) in [6.07, 6.45) is 0. The predicted molar refractivity (Wildman–Crippen MR) is 45.3 cm³/mol. The highest BCUT2D eigenvalue weighted by molar-refractivity contribution is 5.53. The van der Waals surface area contributed by atoms with Crippen molar-refractivity contribution < 1.29 is 17.6 Å². The van der Waals surface area contributed by atoms with Gasteiger partial charge in [-0.15, -0.1) is 0 Å². The summed E-state index contributed by atoms with van der Waals surface area (Å²) in [7, 11) is 2.46. The lowest BCUT2D eigenvalue weighted by Gasteiger charge is -2.15. The van der Waals surface area contributed by atoms with Gasteiger partial charge in [-0.2, -0.15) is 5.26 Å². The predicted octanol–water partition coefficient (Wildman–Crippen LogP) is 2.18. The van der Waals surface area contributed by atoms with Gasteiger partial charge < -0.3 is 4.90 Å². The summed E-state index contributed by atoms with van der Waals surface area (Å²) in [6, 6.07) is 1.06. The second kappa shape index (κ2) is 3.77. The van der Waals surface area contributed by atoms with Crippen molar-refractivity contribution >= 4 is 5.69 Å². The van der Waals surface area contributed by atoms with Crippen LogP contribution in [0.25, 0.3) is 0 Å². The maximum atomic E-state index is 13.2. The molecule has 0 radical (unpaired) electrons. The minimum atomic E-state index is -1.68. The molecule has 0 heterocycles. The maximum absolute atomic E-state index is 13.2. The number of benzene rings is 1. The van der Waals surface area contributed by atoms with E-state index in [0.717, 1.165) is 11.0 Å². The van der Waals surface area contributed by atoms with Crippen LogP contribution in [-0.2, 0) is 0 Å². The van der Waals surface area contributed by atoms with Crippen molar-refractivity contribution in [1.29, 1.82) is 5.26 Å². The van der Waals surface area contributed by atoms with Gasteiger partial charge in [0.15, 0.2) is 23.3 Å². The zero-order chi connectivity index (χ0) is 11.7. The lowest BCUT2D eigenvalue weighted by molar-refractivity contribution is 0.451. The molecular weight excluding hydrogens is 212 g/mol. The van der Waals surface area contributed by atoms with E-state index in [-0.39, 0.29) is 0 Å². The van der Waals surface area contributed by atoms with Crippen LogP contribution in [-0.4, -0.2) is 14.1 Å². The molecule has 1 rings (SSSR count). The second-order valence-corrected chi connectivity index (χ2v) is 2.99. The van der Waals surface area contributed by atoms with E-state index < -0.39 is 34.5 Å². The van der Waals surface area contributed by atoms with E-state index in [1.54, 1.807) is 0 Å². The molecule has 80 valence electrons. The highest BCUT2D eigenvalue weighted by atomic mass is 19.2. The van der Waals surface area contributed by atoms with Gasteiger partial charge in [0.2, 0.25) is 0 Å². The van der Waals surface area contributed by atoms with Crippen molar-refractivity contribution in [3.63, 3.8) is 0 Å². The van der Waals surface area contributed by atoms with Crippen molar-refractivity contribution in [2.24, 2.45) is 0 Å². The Morgan fingerprint density at radius 3 is 1.60 bits per heavy atom. The third-order valence-electron chi connectivity index (χ3n) is 1.80. The molecule has 0 aromatic heterocycles. The smallest absolute Gasteiger partial charge is 0.186 e. The summed E-state index contributed by atoms with van der Waals surface area (Å²) in [5, 5.41) is 8.30. The molecule has 0 fully saturated rings. The van der Waals surface area contributed by atoms with Gasteiger partial charge in [0, 0.05) is 14.1 Å². The highest BCUT2D eigenvalue weighted by Gasteiger charge is 2.26. The molecule has 1 aromatic carbocycles. The lowest BCUT2D eigenvalue weighted by atomic mass is 10.1. The first-order valence-corrected chi connectivity index (χ1v) is 3.85. The summed E-state index contributed by atoms with van der Waals surface area (Å²) in [5.41, 5.74) is -2.10. The fraction of sp³-hybridized carbons (Fsp3) is 0.222. The number of halogens is 4. The Hall–Kier alpha value is -1.77. The van der Waals surface area contributed by atoms with Gasteiger partial charge in [-0.1, -0.05) is 0 Å². The largest absolute Gasteiger partial charge is 0.373 e. The molecule has 15 heavy (non-hydrogen) atoms. The number of hydrogen-bond donors (Lipinski definition) is 0. The SMILES string of the molecule is CN(C)c1c(F)c(F)c(C#N)c(F)c1F. The monoisotopic (exact) mass is 218 g/mol. The molecule has 0 bridgehead atoms. The highest BCUT2D eigenvalue weighted by Crippen LogP contribution is 2.29. The van der Waals surface area contributed by atoms with Crippen molar-refractivity contribution in [2.75, 3.05) is 19.0 Å². The van der Waals surface area contributed by atoms with E-state index in [4.69, 9.17) is 5.26 Å². The van der Waals surface area contributed by atoms with Crippen LogP contribution in [0.2, 0.25) is 0 Å². The van der Waals surface area contributed by atoms with Crippen molar-refractivity contribution in [2.45, 2.75) is 0 Å². The molecule has 6 heteroatoms. The molecule has 0 saturated heterocycles. The molecule has 0 aliphatic carbocycles. The molecule has 1 aromatic rings. The van der Waals surface area contributed by atoms with Crippen LogP contribution >= 0.6 is 0 Å². The maximum Gasteiger partial charge on any atom is 0.186 e. The average molecular weight is 218 g/mol. The number of rotatable bonds is 1. The zero-order valence-electron chi connectivity index (χ0n) is 7.91. The van der Waals surface area contributed by atoms with Crippen LogP contribution < -0.4 is 4.90 Å². The van der Waals surface area contributed by atoms with Gasteiger partial charge in [0.1, 0.15) is 17.3 Å². The molecule has 0 aliphatic rings. The van der Waals surface area contributed by atoms with E-state index >= 15 is 0 Å². The molecule has 0 saturated carbocycles. The van der Waals surface area contributed by atoms with Gasteiger partial charge >= 0.3 is 0 Å². The number of hydrogen-bond acceptors (Lipinski definition) is 2. The summed E-state index contributed by atoms with van der Waals surface area (Å²) >= 11 is 0. The molecular formula is C9H6F4N2. The molecule has 0 aliphatic heterocycles. The third kappa shape index (κ3) is 1.61. The van der Waals surface area contributed by atoms with Gasteiger partial charge in [-0.05, 0) is 0 Å². The van der Waals surface area contributed by atoms with E-state index in [1.807, 2.05) is 0 Å². The standard InChI is InChI=1S/C9H6F4N2/c1-15(2)9-7(12)5(10)4(3-14)6(11)8(9)13/h1-2H3. The molecule has 0 unspecified atom stereocenters. The average Bonchev–Trinajstić information content (AvgIpc) is 2.16. The Morgan fingerprint density at radius 1 is 0.933 bits per heavy atom. The van der Waals surface area contributed by atoms with Crippen LogP contribution in [0.15, 0.2) is 0 Å². The quantitative estimate of drug-likeness (QED) is 0.533. The van der Waals surface area contributed by atoms with Crippen LogP contribution in [0.1, 0.15) is 5.56 Å². The van der Waals surface area contributed by atoms with Crippen LogP contribution in [0.3, 0.4) is 0 Å². The molecule has 0 amide bonds. The van der Waals surface area contributed by atoms with E-state index in [2.05, 4.69) is 0 Å². The second-order valence-electron chi connectivity index (χ2n) is 2.99. The fourth-order valence-electron chi connectivity index (χ4n) is 1.11. The van der Waals surface area contributed by atoms with E-state index in [0.29, 0.717) is 0 Å². The minimum absolute atomic E-state index is 0.844. The van der Waals surface area contributed by atoms with E-state index in [9.17, 15) is 17.6 Å². The summed E-state index contributed by atoms with van der Waals surface area (Å²) in [6.45, 7) is 0. The summed E-state index contributed by atoms with van der Waals surface area (Å²) < 4.78 is 52.4. The Kier molecular flexibility index (Phi) is 2.84. The molecule has 0 atom stereocenters. The van der Waals surface area contributed by atoms with Gasteiger partial charge in [0.25, 0.3) is 0 Å². The number of anilines is 1. The Morgan fingerprint density at radius 2 is 1.33 bits per heavy atom. The van der Waals surface area contributed by atoms with Gasteiger partial charge in [0.05, 0.1) is 0 Å². The Balaban J connectivity index is 3.69. The summed E-state index contributed by atoms with van der Waals surface area (Å²) in [4.78, 5) is 0.887. The number of nitrogens with zero attached hydrogens (tertiary/aromatic N) is 2. The lowest BCUT2D eigenvalue weighted by Crippen LogP contribution is -2.16. The van der Waals surface area contributed by atoms with Crippen molar-refractivity contribution in [3.05, 3.63) is 28.8 Å². The van der Waals surface area contributed by atoms with Crippen LogP contribution in [0.5, 0.6) is 0 Å². The Labute approximate surface area is 83.3 Å². The first kappa shape index (κ1) is 11.3. The normalized spacial score (nSPS) is 9.93. The molecule has 0 N–H and O–H groups in total. The van der Waals surface area contributed by atoms with Crippen LogP contribution in [0.4, 0.5) is 23.2 Å². The topological polar surface area (TPSA) is 27.0 Å². The molecule has 0 spiro atoms. The van der Waals surface area contributed by atoms with Gasteiger partial charge in [-0.3, -0.25) is 0 Å².